The van der Waals surface area contributed by atoms with Crippen molar-refractivity contribution in [2.75, 3.05) is 13.4 Å². The Balaban J connectivity index is 1.86. The Morgan fingerprint density at radius 1 is 1.24 bits per heavy atom. The number of esters is 1. The lowest BCUT2D eigenvalue weighted by Gasteiger charge is -2.17. The molecule has 0 bridgehead atoms. The van der Waals surface area contributed by atoms with E-state index < -0.39 is 5.97 Å². The van der Waals surface area contributed by atoms with Crippen LogP contribution < -0.4 is 14.8 Å². The van der Waals surface area contributed by atoms with Gasteiger partial charge in [0.15, 0.2) is 18.1 Å². The van der Waals surface area contributed by atoms with Crippen molar-refractivity contribution >= 4 is 11.9 Å². The number of nitrogens with one attached hydrogen (secondary N) is 1. The van der Waals surface area contributed by atoms with Gasteiger partial charge in [-0.2, -0.15) is 0 Å². The van der Waals surface area contributed by atoms with Crippen LogP contribution in [-0.4, -0.2) is 31.3 Å². The predicted molar refractivity (Wildman–Crippen MR) is 75.3 cm³/mol. The molecule has 1 aromatic carbocycles. The number of ether oxygens (including phenoxy) is 3. The van der Waals surface area contributed by atoms with Crippen molar-refractivity contribution in [3.8, 4) is 11.5 Å². The van der Waals surface area contributed by atoms with E-state index in [4.69, 9.17) is 14.2 Å². The first-order chi connectivity index (χ1) is 9.97. The van der Waals surface area contributed by atoms with E-state index >= 15 is 0 Å². The molecule has 1 atom stereocenters. The van der Waals surface area contributed by atoms with Gasteiger partial charge in [0.1, 0.15) is 0 Å². The second-order valence-electron chi connectivity index (χ2n) is 5.24. The molecule has 1 aromatic rings. The van der Waals surface area contributed by atoms with Crippen molar-refractivity contribution in [3.63, 3.8) is 0 Å². The smallest absolute Gasteiger partial charge is 0.338 e. The molecule has 1 heterocycles. The molecule has 0 aromatic heterocycles. The fourth-order valence-corrected chi connectivity index (χ4v) is 1.70. The lowest BCUT2D eigenvalue weighted by molar-refractivity contribution is -0.125. The molecule has 114 valence electrons. The monoisotopic (exact) mass is 293 g/mol. The highest BCUT2D eigenvalue weighted by Crippen LogP contribution is 2.32. The molecule has 0 unspecified atom stereocenters. The third-order valence-electron chi connectivity index (χ3n) is 3.33. The standard InChI is InChI=1S/C15H19NO5/c1-9(2)10(3)16-14(17)7-19-15(18)11-4-5-12-13(6-11)21-8-20-12/h4-6,9-10H,7-8H2,1-3H3,(H,16,17)/t10-/m1/s1. The Hall–Kier alpha value is -2.24. The van der Waals surface area contributed by atoms with Crippen molar-refractivity contribution in [2.24, 2.45) is 5.92 Å². The molecule has 1 aliphatic heterocycles. The van der Waals surface area contributed by atoms with Crippen molar-refractivity contribution in [1.29, 1.82) is 0 Å². The summed E-state index contributed by atoms with van der Waals surface area (Å²) in [5, 5.41) is 2.77. The number of hydrogen-bond acceptors (Lipinski definition) is 5. The van der Waals surface area contributed by atoms with E-state index in [1.165, 1.54) is 0 Å². The number of hydrogen-bond donors (Lipinski definition) is 1. The quantitative estimate of drug-likeness (QED) is 0.837. The Morgan fingerprint density at radius 3 is 2.67 bits per heavy atom. The summed E-state index contributed by atoms with van der Waals surface area (Å²) < 4.78 is 15.3. The second kappa shape index (κ2) is 6.47. The average molecular weight is 293 g/mol. The Kier molecular flexibility index (Phi) is 4.67. The van der Waals surface area contributed by atoms with Crippen LogP contribution in [0.5, 0.6) is 11.5 Å². The van der Waals surface area contributed by atoms with Crippen molar-refractivity contribution in [1.82, 2.24) is 5.32 Å². The van der Waals surface area contributed by atoms with Gasteiger partial charge in [0.05, 0.1) is 5.56 Å². The minimum atomic E-state index is -0.569. The molecular formula is C15H19NO5. The van der Waals surface area contributed by atoms with Gasteiger partial charge >= 0.3 is 5.97 Å². The van der Waals surface area contributed by atoms with Crippen molar-refractivity contribution in [3.05, 3.63) is 23.8 Å². The molecule has 1 N–H and O–H groups in total. The van der Waals surface area contributed by atoms with Gasteiger partial charge in [-0.05, 0) is 31.0 Å². The minimum Gasteiger partial charge on any atom is -0.454 e. The summed E-state index contributed by atoms with van der Waals surface area (Å²) in [6.07, 6.45) is 0. The lowest BCUT2D eigenvalue weighted by Crippen LogP contribution is -2.38. The van der Waals surface area contributed by atoms with Gasteiger partial charge in [0.25, 0.3) is 5.91 Å². The number of rotatable bonds is 5. The number of benzene rings is 1. The molecule has 1 amide bonds. The summed E-state index contributed by atoms with van der Waals surface area (Å²) in [6, 6.07) is 4.78. The number of carbonyl (C=O) groups is 2. The first-order valence-corrected chi connectivity index (χ1v) is 6.83. The van der Waals surface area contributed by atoms with Crippen molar-refractivity contribution in [2.45, 2.75) is 26.8 Å². The average Bonchev–Trinajstić information content (AvgIpc) is 2.91. The normalized spacial score (nSPS) is 13.9. The van der Waals surface area contributed by atoms with E-state index in [9.17, 15) is 9.59 Å². The van der Waals surface area contributed by atoms with Crippen LogP contribution in [-0.2, 0) is 9.53 Å². The third kappa shape index (κ3) is 3.87. The van der Waals surface area contributed by atoms with Crippen LogP contribution in [0.4, 0.5) is 0 Å². The first-order valence-electron chi connectivity index (χ1n) is 6.83. The van der Waals surface area contributed by atoms with E-state index in [0.717, 1.165) is 0 Å². The zero-order chi connectivity index (χ0) is 15.4. The van der Waals surface area contributed by atoms with E-state index in [2.05, 4.69) is 5.32 Å². The molecule has 1 aliphatic rings. The van der Waals surface area contributed by atoms with Gasteiger partial charge in [-0.25, -0.2) is 4.79 Å². The molecular weight excluding hydrogens is 274 g/mol. The van der Waals surface area contributed by atoms with Crippen LogP contribution in [0.2, 0.25) is 0 Å². The first kappa shape index (κ1) is 15.2. The van der Waals surface area contributed by atoms with Crippen molar-refractivity contribution < 1.29 is 23.8 Å². The number of carbonyl (C=O) groups excluding carboxylic acids is 2. The maximum Gasteiger partial charge on any atom is 0.338 e. The lowest BCUT2D eigenvalue weighted by atomic mass is 10.1. The summed E-state index contributed by atoms with van der Waals surface area (Å²) >= 11 is 0. The molecule has 0 saturated carbocycles. The van der Waals surface area contributed by atoms with Gasteiger partial charge in [-0.3, -0.25) is 4.79 Å². The fraction of sp³-hybridized carbons (Fsp3) is 0.467. The van der Waals surface area contributed by atoms with E-state index in [-0.39, 0.29) is 25.3 Å². The summed E-state index contributed by atoms with van der Waals surface area (Å²) in [7, 11) is 0. The van der Waals surface area contributed by atoms with E-state index in [1.807, 2.05) is 20.8 Å². The molecule has 2 rings (SSSR count). The summed E-state index contributed by atoms with van der Waals surface area (Å²) in [5.41, 5.74) is 0.323. The fourth-order valence-electron chi connectivity index (χ4n) is 1.70. The molecule has 0 radical (unpaired) electrons. The number of amides is 1. The van der Waals surface area contributed by atoms with Crippen LogP contribution in [0.15, 0.2) is 18.2 Å². The Morgan fingerprint density at radius 2 is 1.95 bits per heavy atom. The largest absolute Gasteiger partial charge is 0.454 e. The predicted octanol–water partition coefficient (Wildman–Crippen LogP) is 1.73. The van der Waals surface area contributed by atoms with Gasteiger partial charge in [-0.15, -0.1) is 0 Å². The molecule has 0 saturated heterocycles. The molecule has 21 heavy (non-hydrogen) atoms. The van der Waals surface area contributed by atoms with Gasteiger partial charge in [0.2, 0.25) is 6.79 Å². The SMILES string of the molecule is CC(C)[C@@H](C)NC(=O)COC(=O)c1ccc2c(c1)OCO2. The maximum atomic E-state index is 11.9. The highest BCUT2D eigenvalue weighted by Gasteiger charge is 2.18. The van der Waals surface area contributed by atoms with Crippen LogP contribution >= 0.6 is 0 Å². The number of fused-ring (bicyclic) bond motifs is 1. The zero-order valence-corrected chi connectivity index (χ0v) is 12.3. The third-order valence-corrected chi connectivity index (χ3v) is 3.33. The van der Waals surface area contributed by atoms with Gasteiger partial charge < -0.3 is 19.5 Å². The molecule has 0 spiro atoms. The molecule has 0 aliphatic carbocycles. The summed E-state index contributed by atoms with van der Waals surface area (Å²) in [5.74, 6) is 0.529. The molecule has 6 nitrogen and oxygen atoms in total. The Bertz CT molecular complexity index is 541. The summed E-state index contributed by atoms with van der Waals surface area (Å²) in [4.78, 5) is 23.5. The van der Waals surface area contributed by atoms with Crippen LogP contribution in [0.25, 0.3) is 0 Å². The van der Waals surface area contributed by atoms with E-state index in [0.29, 0.717) is 23.0 Å². The topological polar surface area (TPSA) is 73.9 Å². The highest BCUT2D eigenvalue weighted by molar-refractivity contribution is 5.92. The van der Waals surface area contributed by atoms with Crippen LogP contribution in [0.3, 0.4) is 0 Å². The zero-order valence-electron chi connectivity index (χ0n) is 12.3. The van der Waals surface area contributed by atoms with Crippen LogP contribution in [0, 0.1) is 5.92 Å². The summed E-state index contributed by atoms with van der Waals surface area (Å²) in [6.45, 7) is 5.75. The van der Waals surface area contributed by atoms with Gasteiger partial charge in [0, 0.05) is 6.04 Å². The Labute approximate surface area is 123 Å². The van der Waals surface area contributed by atoms with Gasteiger partial charge in [-0.1, -0.05) is 13.8 Å². The second-order valence-corrected chi connectivity index (χ2v) is 5.24. The minimum absolute atomic E-state index is 0.0294. The highest BCUT2D eigenvalue weighted by atomic mass is 16.7. The van der Waals surface area contributed by atoms with E-state index in [1.54, 1.807) is 18.2 Å². The molecule has 0 fully saturated rings. The molecule has 6 heteroatoms. The van der Waals surface area contributed by atoms with Crippen LogP contribution in [0.1, 0.15) is 31.1 Å². The maximum absolute atomic E-state index is 11.9.